The van der Waals surface area contributed by atoms with Crippen LogP contribution in [-0.4, -0.2) is 88.1 Å². The molecule has 3 amide bonds. The fraction of sp³-hybridized carbons (Fsp3) is 0.226. The smallest absolute Gasteiger partial charge is 0.352 e. The van der Waals surface area contributed by atoms with Crippen LogP contribution < -0.4 is 5.32 Å². The molecule has 0 saturated carbocycles. The summed E-state index contributed by atoms with van der Waals surface area (Å²) in [7, 11) is 0. The van der Waals surface area contributed by atoms with Crippen molar-refractivity contribution in [3.05, 3.63) is 95.7 Å². The Balaban J connectivity index is 0.000000679. The molecule has 4 aromatic rings. The van der Waals surface area contributed by atoms with Gasteiger partial charge in [-0.25, -0.2) is 14.8 Å². The Morgan fingerprint density at radius 1 is 1.15 bits per heavy atom. The second kappa shape index (κ2) is 13.8. The molecular formula is C31H28N6O6S3. The number of imidazole rings is 1. The van der Waals surface area contributed by atoms with Gasteiger partial charge in [0, 0.05) is 36.8 Å². The average Bonchev–Trinajstić information content (AvgIpc) is 3.83. The van der Waals surface area contributed by atoms with Crippen molar-refractivity contribution in [2.45, 2.75) is 28.7 Å². The number of nitrogens with one attached hydrogen (secondary N) is 2. The largest absolute Gasteiger partial charge is 0.508 e. The molecule has 0 aliphatic carbocycles. The molecule has 2 aromatic heterocycles. The van der Waals surface area contributed by atoms with Gasteiger partial charge in [0.15, 0.2) is 4.34 Å². The zero-order valence-electron chi connectivity index (χ0n) is 24.2. The topological polar surface area (TPSA) is 169 Å². The summed E-state index contributed by atoms with van der Waals surface area (Å²) in [5.74, 6) is -1.73. The lowest BCUT2D eigenvalue weighted by molar-refractivity contribution is -0.150. The summed E-state index contributed by atoms with van der Waals surface area (Å²) in [6.07, 6.45) is 7.14. The minimum atomic E-state index is -1.25. The van der Waals surface area contributed by atoms with E-state index < -0.39 is 23.3 Å². The number of carboxylic acids is 1. The highest BCUT2D eigenvalue weighted by Crippen LogP contribution is 2.41. The second-order valence-corrected chi connectivity index (χ2v) is 13.8. The first-order valence-corrected chi connectivity index (χ1v) is 17.0. The number of benzene rings is 2. The molecule has 3 aliphatic heterocycles. The first-order chi connectivity index (χ1) is 22.3. The summed E-state index contributed by atoms with van der Waals surface area (Å²) >= 11 is 4.15. The lowest BCUT2D eigenvalue weighted by atomic mass is 10.0. The number of aliphatic carboxylic acids is 1. The number of carbonyl (C=O) groups excluding carboxylic acids is 3. The van der Waals surface area contributed by atoms with Crippen LogP contribution in [0.5, 0.6) is 5.75 Å². The van der Waals surface area contributed by atoms with Crippen molar-refractivity contribution in [1.82, 2.24) is 30.1 Å². The highest BCUT2D eigenvalue weighted by Gasteiger charge is 2.54. The van der Waals surface area contributed by atoms with Crippen LogP contribution in [0.2, 0.25) is 0 Å². The molecule has 2 aromatic carbocycles. The molecule has 0 unspecified atom stereocenters. The van der Waals surface area contributed by atoms with E-state index in [-0.39, 0.29) is 34.8 Å². The van der Waals surface area contributed by atoms with Crippen LogP contribution in [0.25, 0.3) is 10.2 Å². The van der Waals surface area contributed by atoms with E-state index in [1.807, 2.05) is 24.3 Å². The maximum atomic E-state index is 13.0. The van der Waals surface area contributed by atoms with Crippen LogP contribution in [0.15, 0.2) is 94.5 Å². The molecular weight excluding hydrogens is 649 g/mol. The average molecular weight is 677 g/mol. The lowest BCUT2D eigenvalue weighted by Gasteiger charge is -2.49. The normalized spacial score (nSPS) is 20.0. The van der Waals surface area contributed by atoms with Crippen molar-refractivity contribution >= 4 is 68.8 Å². The minimum absolute atomic E-state index is 0.0860. The maximum Gasteiger partial charge on any atom is 0.352 e. The number of carboxylic acid groups (broad SMARTS) is 1. The number of fused-ring (bicyclic) bond motifs is 2. The van der Waals surface area contributed by atoms with Gasteiger partial charge in [-0.2, -0.15) is 0 Å². The SMILES string of the molecule is O=C(CSc1nc2ccccc2s1)N[C@@H]1C(=O)N2C(C(=O)O)=C(/C=C3\CCN(Cc4ccc(O)cc4)C3=O)CS[C@H]12.c1c[nH]cn1. The molecule has 0 bridgehead atoms. The number of H-pyrrole nitrogens is 1. The van der Waals surface area contributed by atoms with Gasteiger partial charge in [-0.1, -0.05) is 36.0 Å². The number of likely N-dealkylation sites (tertiary alicyclic amines) is 1. The van der Waals surface area contributed by atoms with Gasteiger partial charge in [0.1, 0.15) is 22.9 Å². The van der Waals surface area contributed by atoms with Gasteiger partial charge < -0.3 is 25.4 Å². The number of amides is 3. The van der Waals surface area contributed by atoms with E-state index in [4.69, 9.17) is 0 Å². The molecule has 46 heavy (non-hydrogen) atoms. The Kier molecular flexibility index (Phi) is 9.42. The fourth-order valence-corrected chi connectivity index (χ4v) is 8.39. The number of aromatic amines is 1. The van der Waals surface area contributed by atoms with E-state index in [1.54, 1.807) is 54.0 Å². The van der Waals surface area contributed by atoms with Crippen LogP contribution in [0.4, 0.5) is 0 Å². The number of thiazole rings is 1. The predicted molar refractivity (Wildman–Crippen MR) is 175 cm³/mol. The number of nitrogens with zero attached hydrogens (tertiary/aromatic N) is 4. The summed E-state index contributed by atoms with van der Waals surface area (Å²) in [6.45, 7) is 0.865. The summed E-state index contributed by atoms with van der Waals surface area (Å²) in [4.78, 5) is 64.8. The number of phenols is 1. The number of phenolic OH excluding ortho intramolecular Hbond substituents is 1. The Hall–Kier alpha value is -4.60. The number of aromatic hydroxyl groups is 1. The molecule has 12 nitrogen and oxygen atoms in total. The van der Waals surface area contributed by atoms with Crippen LogP contribution in [0.1, 0.15) is 12.0 Å². The third kappa shape index (κ3) is 6.80. The van der Waals surface area contributed by atoms with Crippen LogP contribution in [0.3, 0.4) is 0 Å². The standard InChI is InChI=1S/C28H24N4O6S3.C3H4N2/c33-18-7-5-15(6-8-18)12-31-10-9-16(24(31)35)11-17-13-39-26-22(25(36)32(26)23(17)27(37)38)30-21(34)14-40-28-29-19-3-1-2-4-20(19)41-28;1-2-5-3-4-1/h1-8,11,22,26,33H,9-10,12-14H2,(H,30,34)(H,37,38);1-3H,(H,4,5)/b16-11+;/t22-,26-;/m1./s1. The van der Waals surface area contributed by atoms with E-state index in [0.29, 0.717) is 30.7 Å². The van der Waals surface area contributed by atoms with E-state index in [9.17, 15) is 29.4 Å². The van der Waals surface area contributed by atoms with Gasteiger partial charge in [-0.15, -0.1) is 23.1 Å². The maximum absolute atomic E-state index is 13.0. The lowest BCUT2D eigenvalue weighted by Crippen LogP contribution is -2.70. The third-order valence-corrected chi connectivity index (χ3v) is 10.9. The third-order valence-electron chi connectivity index (χ3n) is 7.39. The van der Waals surface area contributed by atoms with Crippen LogP contribution >= 0.6 is 34.9 Å². The molecule has 236 valence electrons. The Labute approximate surface area is 275 Å². The molecule has 2 atom stereocenters. The molecule has 2 saturated heterocycles. The summed E-state index contributed by atoms with van der Waals surface area (Å²) in [6, 6.07) is 13.5. The zero-order chi connectivity index (χ0) is 32.2. The van der Waals surface area contributed by atoms with Crippen molar-refractivity contribution in [2.75, 3.05) is 18.1 Å². The number of β-lactam (4-membered cyclic amide) rings is 1. The van der Waals surface area contributed by atoms with Gasteiger partial charge in [0.2, 0.25) is 11.8 Å². The van der Waals surface area contributed by atoms with E-state index in [0.717, 1.165) is 20.1 Å². The number of rotatable bonds is 8. The van der Waals surface area contributed by atoms with E-state index >= 15 is 0 Å². The number of para-hydroxylation sites is 1. The molecule has 5 heterocycles. The molecule has 15 heteroatoms. The van der Waals surface area contributed by atoms with E-state index in [1.165, 1.54) is 39.8 Å². The van der Waals surface area contributed by atoms with E-state index in [2.05, 4.69) is 20.3 Å². The summed E-state index contributed by atoms with van der Waals surface area (Å²) in [5, 5.41) is 21.7. The first kappa shape index (κ1) is 31.4. The molecule has 4 N–H and O–H groups in total. The molecule has 3 aliphatic rings. The molecule has 0 radical (unpaired) electrons. The zero-order valence-corrected chi connectivity index (χ0v) is 26.6. The summed E-state index contributed by atoms with van der Waals surface area (Å²) < 4.78 is 1.79. The summed E-state index contributed by atoms with van der Waals surface area (Å²) in [5.41, 5.74) is 2.48. The van der Waals surface area contributed by atoms with Gasteiger partial charge in [-0.3, -0.25) is 19.3 Å². The van der Waals surface area contributed by atoms with Crippen molar-refractivity contribution in [3.8, 4) is 5.75 Å². The number of hydrogen-bond acceptors (Lipinski definition) is 10. The number of allylic oxidation sites excluding steroid dienone is 1. The van der Waals surface area contributed by atoms with Crippen molar-refractivity contribution < 1.29 is 29.4 Å². The van der Waals surface area contributed by atoms with Crippen molar-refractivity contribution in [2.24, 2.45) is 0 Å². The number of thioether (sulfide) groups is 2. The minimum Gasteiger partial charge on any atom is -0.508 e. The van der Waals surface area contributed by atoms with Crippen molar-refractivity contribution in [1.29, 1.82) is 0 Å². The van der Waals surface area contributed by atoms with Gasteiger partial charge in [-0.05, 0) is 47.9 Å². The quantitative estimate of drug-likeness (QED) is 0.123. The Morgan fingerprint density at radius 3 is 2.65 bits per heavy atom. The molecule has 2 fully saturated rings. The van der Waals surface area contributed by atoms with Crippen LogP contribution in [0, 0.1) is 0 Å². The fourth-order valence-electron chi connectivity index (χ4n) is 5.21. The van der Waals surface area contributed by atoms with Gasteiger partial charge >= 0.3 is 5.97 Å². The molecule has 7 rings (SSSR count). The highest BCUT2D eigenvalue weighted by molar-refractivity contribution is 8.01. The highest BCUT2D eigenvalue weighted by atomic mass is 32.2. The Bertz CT molecular complexity index is 1790. The first-order valence-electron chi connectivity index (χ1n) is 14.2. The van der Waals surface area contributed by atoms with Gasteiger partial charge in [0.25, 0.3) is 5.91 Å². The number of hydrogen-bond donors (Lipinski definition) is 4. The number of carbonyl (C=O) groups is 4. The van der Waals surface area contributed by atoms with Crippen molar-refractivity contribution in [3.63, 3.8) is 0 Å². The molecule has 0 spiro atoms. The second-order valence-electron chi connectivity index (χ2n) is 10.4. The van der Waals surface area contributed by atoms with Crippen LogP contribution in [-0.2, 0) is 25.7 Å². The monoisotopic (exact) mass is 676 g/mol. The number of aromatic nitrogens is 3. The predicted octanol–water partition coefficient (Wildman–Crippen LogP) is 3.60. The van der Waals surface area contributed by atoms with Gasteiger partial charge in [0.05, 0.1) is 22.3 Å². The Morgan fingerprint density at radius 2 is 1.96 bits per heavy atom.